The molecular formula is C19H29NO2. The van der Waals surface area contributed by atoms with Gasteiger partial charge in [-0.05, 0) is 25.6 Å². The predicted octanol–water partition coefficient (Wildman–Crippen LogP) is 3.91. The average Bonchev–Trinajstić information content (AvgIpc) is 2.41. The molecule has 1 aromatic carbocycles. The van der Waals surface area contributed by atoms with Gasteiger partial charge in [0.1, 0.15) is 0 Å². The second kappa shape index (κ2) is 6.74. The van der Waals surface area contributed by atoms with Crippen LogP contribution in [0.2, 0.25) is 0 Å². The third-order valence-corrected chi connectivity index (χ3v) is 3.63. The van der Waals surface area contributed by atoms with Crippen LogP contribution < -0.4 is 5.32 Å². The lowest BCUT2D eigenvalue weighted by Crippen LogP contribution is -2.28. The molecule has 1 rings (SSSR count). The van der Waals surface area contributed by atoms with Gasteiger partial charge in [0.2, 0.25) is 0 Å². The smallest absolute Gasteiger partial charge is 0.169 e. The van der Waals surface area contributed by atoms with Crippen molar-refractivity contribution in [3.05, 3.63) is 34.9 Å². The van der Waals surface area contributed by atoms with E-state index in [0.29, 0.717) is 11.1 Å². The molecule has 0 radical (unpaired) electrons. The molecule has 1 aromatic rings. The van der Waals surface area contributed by atoms with Crippen LogP contribution in [0.25, 0.3) is 0 Å². The number of ketones is 2. The van der Waals surface area contributed by atoms with E-state index in [1.807, 2.05) is 60.7 Å². The van der Waals surface area contributed by atoms with Crippen molar-refractivity contribution in [2.45, 2.75) is 48.0 Å². The number of Topliss-reactive ketones (excluding diaryl/α,β-unsaturated/α-hetero) is 2. The minimum atomic E-state index is -0.511. The number of carbonyl (C=O) groups excluding carboxylic acids is 2. The van der Waals surface area contributed by atoms with E-state index >= 15 is 0 Å². The van der Waals surface area contributed by atoms with E-state index in [0.717, 1.165) is 18.5 Å². The van der Waals surface area contributed by atoms with Gasteiger partial charge in [0.25, 0.3) is 0 Å². The van der Waals surface area contributed by atoms with Gasteiger partial charge in [0.05, 0.1) is 0 Å². The van der Waals surface area contributed by atoms with Gasteiger partial charge in [-0.25, -0.2) is 0 Å². The fraction of sp³-hybridized carbons (Fsp3) is 0.579. The molecule has 22 heavy (non-hydrogen) atoms. The molecule has 0 heterocycles. The van der Waals surface area contributed by atoms with Gasteiger partial charge in [0, 0.05) is 22.0 Å². The van der Waals surface area contributed by atoms with Crippen LogP contribution in [0.5, 0.6) is 0 Å². The highest BCUT2D eigenvalue weighted by Gasteiger charge is 2.32. The molecular weight excluding hydrogens is 274 g/mol. The minimum Gasteiger partial charge on any atom is -0.319 e. The van der Waals surface area contributed by atoms with Crippen molar-refractivity contribution in [1.29, 1.82) is 0 Å². The quantitative estimate of drug-likeness (QED) is 0.839. The Bertz CT molecular complexity index is 560. The zero-order chi connectivity index (χ0) is 17.1. The topological polar surface area (TPSA) is 46.2 Å². The Morgan fingerprint density at radius 1 is 0.955 bits per heavy atom. The minimum absolute atomic E-state index is 0.0198. The molecule has 0 unspecified atom stereocenters. The zero-order valence-corrected chi connectivity index (χ0v) is 15.0. The van der Waals surface area contributed by atoms with E-state index in [1.165, 1.54) is 0 Å². The molecule has 1 N–H and O–H groups in total. The van der Waals surface area contributed by atoms with Gasteiger partial charge in [-0.15, -0.1) is 0 Å². The van der Waals surface area contributed by atoms with E-state index in [2.05, 4.69) is 5.32 Å². The zero-order valence-electron chi connectivity index (χ0n) is 15.0. The maximum atomic E-state index is 12.9. The fourth-order valence-electron chi connectivity index (χ4n) is 2.30. The average molecular weight is 303 g/mol. The second-order valence-electron chi connectivity index (χ2n) is 7.85. The number of hydrogen-bond acceptors (Lipinski definition) is 3. The van der Waals surface area contributed by atoms with Gasteiger partial charge >= 0.3 is 0 Å². The van der Waals surface area contributed by atoms with Gasteiger partial charge in [-0.1, -0.05) is 59.7 Å². The number of likely N-dealkylation sites (N-methyl/N-ethyl adjacent to an activating group) is 1. The van der Waals surface area contributed by atoms with Crippen molar-refractivity contribution < 1.29 is 9.59 Å². The van der Waals surface area contributed by atoms with Crippen molar-refractivity contribution in [3.8, 4) is 0 Å². The fourth-order valence-corrected chi connectivity index (χ4v) is 2.30. The largest absolute Gasteiger partial charge is 0.319 e. The first-order valence-electron chi connectivity index (χ1n) is 7.86. The van der Waals surface area contributed by atoms with Crippen molar-refractivity contribution in [2.75, 3.05) is 13.6 Å². The Hall–Kier alpha value is -1.48. The first kappa shape index (κ1) is 18.6. The van der Waals surface area contributed by atoms with Crippen LogP contribution in [0, 0.1) is 10.8 Å². The highest BCUT2D eigenvalue weighted by atomic mass is 16.1. The molecule has 0 saturated carbocycles. The highest BCUT2D eigenvalue weighted by molar-refractivity contribution is 6.12. The van der Waals surface area contributed by atoms with Crippen LogP contribution in [0.3, 0.4) is 0 Å². The summed E-state index contributed by atoms with van der Waals surface area (Å²) in [7, 11) is 1.88. The van der Waals surface area contributed by atoms with Crippen molar-refractivity contribution in [3.63, 3.8) is 0 Å². The third kappa shape index (κ3) is 4.26. The Balaban J connectivity index is 3.51. The van der Waals surface area contributed by atoms with Crippen LogP contribution in [0.15, 0.2) is 18.2 Å². The second-order valence-corrected chi connectivity index (χ2v) is 7.85. The SMILES string of the molecule is CNCCc1cccc(C(=O)C(C)(C)C)c1C(=O)C(C)(C)C. The molecule has 3 nitrogen and oxygen atoms in total. The van der Waals surface area contributed by atoms with Gasteiger partial charge in [-0.2, -0.15) is 0 Å². The summed E-state index contributed by atoms with van der Waals surface area (Å²) >= 11 is 0. The summed E-state index contributed by atoms with van der Waals surface area (Å²) < 4.78 is 0. The molecule has 0 atom stereocenters. The van der Waals surface area contributed by atoms with Crippen molar-refractivity contribution in [1.82, 2.24) is 5.32 Å². The van der Waals surface area contributed by atoms with Gasteiger partial charge in [0.15, 0.2) is 11.6 Å². The Morgan fingerprint density at radius 2 is 1.50 bits per heavy atom. The molecule has 0 aliphatic carbocycles. The maximum Gasteiger partial charge on any atom is 0.169 e. The van der Waals surface area contributed by atoms with Gasteiger partial charge in [-0.3, -0.25) is 9.59 Å². The molecule has 122 valence electrons. The van der Waals surface area contributed by atoms with Crippen LogP contribution in [0.1, 0.15) is 67.8 Å². The number of rotatable bonds is 5. The molecule has 0 saturated heterocycles. The summed E-state index contributed by atoms with van der Waals surface area (Å²) in [6.07, 6.45) is 0.735. The van der Waals surface area contributed by atoms with Crippen molar-refractivity contribution >= 4 is 11.6 Å². The normalized spacial score (nSPS) is 12.3. The van der Waals surface area contributed by atoms with Crippen LogP contribution in [0.4, 0.5) is 0 Å². The summed E-state index contributed by atoms with van der Waals surface area (Å²) in [5.41, 5.74) is 1.09. The van der Waals surface area contributed by atoms with E-state index in [1.54, 1.807) is 6.07 Å². The Labute approximate surface area is 134 Å². The summed E-state index contributed by atoms with van der Waals surface area (Å²) in [6, 6.07) is 5.62. The van der Waals surface area contributed by atoms with E-state index in [4.69, 9.17) is 0 Å². The van der Waals surface area contributed by atoms with E-state index in [9.17, 15) is 9.59 Å². The van der Waals surface area contributed by atoms with E-state index in [-0.39, 0.29) is 11.6 Å². The summed E-state index contributed by atoms with van der Waals surface area (Å²) in [6.45, 7) is 12.1. The first-order valence-corrected chi connectivity index (χ1v) is 7.86. The highest BCUT2D eigenvalue weighted by Crippen LogP contribution is 2.30. The van der Waals surface area contributed by atoms with Crippen LogP contribution >= 0.6 is 0 Å². The molecule has 3 heteroatoms. The van der Waals surface area contributed by atoms with Crippen LogP contribution in [-0.2, 0) is 6.42 Å². The van der Waals surface area contributed by atoms with Gasteiger partial charge < -0.3 is 5.32 Å². The maximum absolute atomic E-state index is 12.9. The van der Waals surface area contributed by atoms with E-state index < -0.39 is 10.8 Å². The summed E-state index contributed by atoms with van der Waals surface area (Å²) in [5.74, 6) is 0.0539. The lowest BCUT2D eigenvalue weighted by atomic mass is 9.77. The molecule has 0 fully saturated rings. The van der Waals surface area contributed by atoms with Crippen LogP contribution in [-0.4, -0.2) is 25.2 Å². The first-order chi connectivity index (χ1) is 10.00. The number of carbonyl (C=O) groups is 2. The standard InChI is InChI=1S/C19H29NO2/c1-18(2,3)16(21)14-10-8-9-13(11-12-20-7)15(14)17(22)19(4,5)6/h8-10,20H,11-12H2,1-7H3. The lowest BCUT2D eigenvalue weighted by molar-refractivity contribution is 0.0822. The third-order valence-electron chi connectivity index (χ3n) is 3.63. The molecule has 0 spiro atoms. The predicted molar refractivity (Wildman–Crippen MR) is 91.6 cm³/mol. The lowest BCUT2D eigenvalue weighted by Gasteiger charge is -2.24. The van der Waals surface area contributed by atoms with Crippen molar-refractivity contribution in [2.24, 2.45) is 10.8 Å². The molecule has 0 aliphatic rings. The molecule has 0 bridgehead atoms. The molecule has 0 aromatic heterocycles. The Kier molecular flexibility index (Phi) is 5.69. The number of nitrogens with one attached hydrogen (secondary N) is 1. The summed E-state index contributed by atoms with van der Waals surface area (Å²) in [4.78, 5) is 25.7. The monoisotopic (exact) mass is 303 g/mol. The molecule has 0 aliphatic heterocycles. The summed E-state index contributed by atoms with van der Waals surface area (Å²) in [5, 5.41) is 3.10. The number of benzene rings is 1. The Morgan fingerprint density at radius 3 is 1.95 bits per heavy atom. The molecule has 0 amide bonds. The number of hydrogen-bond donors (Lipinski definition) is 1.